The molecule has 1 unspecified atom stereocenters. The van der Waals surface area contributed by atoms with E-state index in [4.69, 9.17) is 9.26 Å². The van der Waals surface area contributed by atoms with Crippen molar-refractivity contribution in [1.82, 2.24) is 15.5 Å². The fourth-order valence-electron chi connectivity index (χ4n) is 1.98. The summed E-state index contributed by atoms with van der Waals surface area (Å²) in [4.78, 5) is 4.37. The lowest BCUT2D eigenvalue weighted by Crippen LogP contribution is -2.24. The van der Waals surface area contributed by atoms with Crippen molar-refractivity contribution < 1.29 is 9.26 Å². The number of hydrogen-bond donors (Lipinski definition) is 1. The molecular weight excluding hydrogens is 302 g/mol. The number of likely N-dealkylation sites (N-methyl/N-ethyl adjacent to an activating group) is 1. The third-order valence-electron chi connectivity index (χ3n) is 3.62. The largest absolute Gasteiger partial charge is 0.493 e. The second kappa shape index (κ2) is 8.76. The molecule has 1 aromatic carbocycles. The van der Waals surface area contributed by atoms with Gasteiger partial charge in [-0.25, -0.2) is 0 Å². The molecule has 22 heavy (non-hydrogen) atoms. The summed E-state index contributed by atoms with van der Waals surface area (Å²) in [5, 5.41) is 7.13. The van der Waals surface area contributed by atoms with Gasteiger partial charge in [-0.2, -0.15) is 4.98 Å². The third kappa shape index (κ3) is 5.00. The highest BCUT2D eigenvalue weighted by atomic mass is 35.5. The Morgan fingerprint density at radius 1 is 1.32 bits per heavy atom. The molecule has 0 fully saturated rings. The number of aromatic nitrogens is 2. The third-order valence-corrected chi connectivity index (χ3v) is 3.62. The van der Waals surface area contributed by atoms with E-state index in [0.29, 0.717) is 25.0 Å². The smallest absolute Gasteiger partial charge is 0.230 e. The van der Waals surface area contributed by atoms with Gasteiger partial charge in [0.1, 0.15) is 5.75 Å². The Morgan fingerprint density at radius 2 is 2.09 bits per heavy atom. The van der Waals surface area contributed by atoms with Crippen molar-refractivity contribution in [3.05, 3.63) is 41.0 Å². The Labute approximate surface area is 137 Å². The van der Waals surface area contributed by atoms with Crippen LogP contribution in [0, 0.1) is 13.8 Å². The molecule has 122 valence electrons. The second-order valence-corrected chi connectivity index (χ2v) is 5.29. The summed E-state index contributed by atoms with van der Waals surface area (Å²) in [6.07, 6.45) is 1.38. The van der Waals surface area contributed by atoms with Crippen LogP contribution in [0.25, 0.3) is 0 Å². The molecular formula is C16H24ClN3O2. The number of halogens is 1. The molecule has 0 bridgehead atoms. The van der Waals surface area contributed by atoms with Crippen LogP contribution in [0.1, 0.15) is 29.8 Å². The molecule has 2 rings (SSSR count). The summed E-state index contributed by atoms with van der Waals surface area (Å²) in [5.41, 5.74) is 2.40. The van der Waals surface area contributed by atoms with Gasteiger partial charge in [0.25, 0.3) is 0 Å². The average molecular weight is 326 g/mol. The van der Waals surface area contributed by atoms with E-state index in [1.165, 1.54) is 11.1 Å². The Bertz CT molecular complexity index is 587. The highest BCUT2D eigenvalue weighted by Gasteiger charge is 2.10. The van der Waals surface area contributed by atoms with Gasteiger partial charge in [0.05, 0.1) is 13.0 Å². The highest BCUT2D eigenvalue weighted by Crippen LogP contribution is 2.20. The molecule has 1 N–H and O–H groups in total. The Balaban J connectivity index is 0.00000242. The molecule has 2 aromatic rings. The van der Waals surface area contributed by atoms with Crippen LogP contribution >= 0.6 is 12.4 Å². The van der Waals surface area contributed by atoms with Crippen LogP contribution in [-0.4, -0.2) is 29.8 Å². The summed E-state index contributed by atoms with van der Waals surface area (Å²) in [7, 11) is 1.92. The summed E-state index contributed by atoms with van der Waals surface area (Å²) in [6, 6.07) is 6.40. The van der Waals surface area contributed by atoms with Crippen molar-refractivity contribution in [3.8, 4) is 5.75 Å². The van der Waals surface area contributed by atoms with Crippen LogP contribution in [0.5, 0.6) is 5.75 Å². The number of nitrogens with one attached hydrogen (secondary N) is 1. The maximum atomic E-state index is 5.79. The topological polar surface area (TPSA) is 60.2 Å². The zero-order chi connectivity index (χ0) is 15.2. The minimum absolute atomic E-state index is 0. The highest BCUT2D eigenvalue weighted by molar-refractivity contribution is 5.85. The number of rotatable bonds is 7. The zero-order valence-electron chi connectivity index (χ0n) is 13.5. The van der Waals surface area contributed by atoms with Crippen LogP contribution in [-0.2, 0) is 12.8 Å². The fraction of sp³-hybridized carbons (Fsp3) is 0.500. The molecule has 0 radical (unpaired) electrons. The second-order valence-electron chi connectivity index (χ2n) is 5.29. The Hall–Kier alpha value is -1.59. The van der Waals surface area contributed by atoms with Crippen LogP contribution in [0.3, 0.4) is 0 Å². The van der Waals surface area contributed by atoms with Gasteiger partial charge in [0.2, 0.25) is 5.89 Å². The van der Waals surface area contributed by atoms with Gasteiger partial charge in [-0.05, 0) is 45.0 Å². The monoisotopic (exact) mass is 325 g/mol. The minimum atomic E-state index is 0. The molecule has 0 aliphatic rings. The molecule has 1 atom stereocenters. The van der Waals surface area contributed by atoms with Crippen molar-refractivity contribution >= 4 is 12.4 Å². The van der Waals surface area contributed by atoms with Crippen LogP contribution < -0.4 is 10.1 Å². The van der Waals surface area contributed by atoms with Crippen molar-refractivity contribution in [2.45, 2.75) is 39.7 Å². The molecule has 0 amide bonds. The van der Waals surface area contributed by atoms with Crippen molar-refractivity contribution in [2.24, 2.45) is 0 Å². The number of ether oxygens (including phenoxy) is 1. The first-order chi connectivity index (χ1) is 10.1. The predicted octanol–water partition coefficient (Wildman–Crippen LogP) is 2.88. The number of aryl methyl sites for hydroxylation is 1. The van der Waals surface area contributed by atoms with Gasteiger partial charge >= 0.3 is 0 Å². The molecule has 0 saturated carbocycles. The summed E-state index contributed by atoms with van der Waals surface area (Å²) in [5.74, 6) is 2.27. The lowest BCUT2D eigenvalue weighted by atomic mass is 10.1. The van der Waals surface area contributed by atoms with E-state index in [1.807, 2.05) is 19.2 Å². The van der Waals surface area contributed by atoms with Gasteiger partial charge < -0.3 is 14.6 Å². The molecule has 1 heterocycles. The van der Waals surface area contributed by atoms with E-state index in [9.17, 15) is 0 Å². The minimum Gasteiger partial charge on any atom is -0.493 e. The molecule has 0 saturated heterocycles. The number of benzene rings is 1. The first-order valence-electron chi connectivity index (χ1n) is 7.28. The van der Waals surface area contributed by atoms with Crippen molar-refractivity contribution in [3.63, 3.8) is 0 Å². The zero-order valence-corrected chi connectivity index (χ0v) is 14.4. The number of hydrogen-bond acceptors (Lipinski definition) is 5. The molecule has 5 nitrogen and oxygen atoms in total. The van der Waals surface area contributed by atoms with Gasteiger partial charge in [0.15, 0.2) is 5.82 Å². The average Bonchev–Trinajstić information content (AvgIpc) is 2.91. The summed E-state index contributed by atoms with van der Waals surface area (Å²) < 4.78 is 11.0. The van der Waals surface area contributed by atoms with Crippen LogP contribution in [0.2, 0.25) is 0 Å². The maximum absolute atomic E-state index is 5.79. The predicted molar refractivity (Wildman–Crippen MR) is 88.9 cm³/mol. The van der Waals surface area contributed by atoms with E-state index in [-0.39, 0.29) is 12.4 Å². The summed E-state index contributed by atoms with van der Waals surface area (Å²) >= 11 is 0. The Morgan fingerprint density at radius 3 is 2.82 bits per heavy atom. The summed E-state index contributed by atoms with van der Waals surface area (Å²) in [6.45, 7) is 6.76. The lowest BCUT2D eigenvalue weighted by Gasteiger charge is -2.09. The molecule has 0 aliphatic carbocycles. The van der Waals surface area contributed by atoms with Gasteiger partial charge in [-0.15, -0.1) is 12.4 Å². The maximum Gasteiger partial charge on any atom is 0.230 e. The molecule has 6 heteroatoms. The fourth-order valence-corrected chi connectivity index (χ4v) is 1.98. The van der Waals surface area contributed by atoms with E-state index < -0.39 is 0 Å². The molecule has 0 spiro atoms. The standard InChI is InChI=1S/C16H23N3O2.ClH/c1-11-6-5-7-14(13(11)3)20-9-8-16-18-15(19-21-16)10-12(2)17-4;/h5-7,12,17H,8-10H2,1-4H3;1H. The first kappa shape index (κ1) is 18.5. The van der Waals surface area contributed by atoms with Gasteiger partial charge in [-0.3, -0.25) is 0 Å². The molecule has 0 aliphatic heterocycles. The quantitative estimate of drug-likeness (QED) is 0.848. The Kier molecular flexibility index (Phi) is 7.35. The normalized spacial score (nSPS) is 11.8. The van der Waals surface area contributed by atoms with Crippen LogP contribution in [0.15, 0.2) is 22.7 Å². The number of nitrogens with zero attached hydrogens (tertiary/aromatic N) is 2. The van der Waals surface area contributed by atoms with Gasteiger partial charge in [0, 0.05) is 12.5 Å². The van der Waals surface area contributed by atoms with E-state index >= 15 is 0 Å². The van der Waals surface area contributed by atoms with E-state index in [1.54, 1.807) is 0 Å². The molecule has 1 aromatic heterocycles. The van der Waals surface area contributed by atoms with Gasteiger partial charge in [-0.1, -0.05) is 17.3 Å². The van der Waals surface area contributed by atoms with E-state index in [2.05, 4.69) is 42.3 Å². The van der Waals surface area contributed by atoms with Crippen molar-refractivity contribution in [2.75, 3.05) is 13.7 Å². The van der Waals surface area contributed by atoms with E-state index in [0.717, 1.165) is 18.0 Å². The SMILES string of the molecule is CNC(C)Cc1noc(CCOc2cccc(C)c2C)n1.Cl. The first-order valence-corrected chi connectivity index (χ1v) is 7.28. The van der Waals surface area contributed by atoms with Crippen LogP contribution in [0.4, 0.5) is 0 Å². The lowest BCUT2D eigenvalue weighted by molar-refractivity contribution is 0.290. The van der Waals surface area contributed by atoms with Crippen molar-refractivity contribution in [1.29, 1.82) is 0 Å².